The lowest BCUT2D eigenvalue weighted by molar-refractivity contribution is -0.139. The second kappa shape index (κ2) is 9.11. The van der Waals surface area contributed by atoms with E-state index in [2.05, 4.69) is 24.0 Å². The summed E-state index contributed by atoms with van der Waals surface area (Å²) in [7, 11) is 3.93. The minimum Gasteiger partial charge on any atom is -0.373 e. The molecular formula is C22H29N3O2. The van der Waals surface area contributed by atoms with Crippen molar-refractivity contribution in [3.8, 4) is 0 Å². The Bertz CT molecular complexity index is 740. The van der Waals surface area contributed by atoms with Crippen LogP contribution in [0, 0.1) is 6.92 Å². The molecule has 1 aromatic carbocycles. The first-order valence-corrected chi connectivity index (χ1v) is 9.57. The lowest BCUT2D eigenvalue weighted by atomic mass is 10.0. The summed E-state index contributed by atoms with van der Waals surface area (Å²) < 4.78 is 6.02. The lowest BCUT2D eigenvalue weighted by Gasteiger charge is -2.36. The zero-order chi connectivity index (χ0) is 19.2. The van der Waals surface area contributed by atoms with Crippen LogP contribution in [0.2, 0.25) is 0 Å². The highest BCUT2D eigenvalue weighted by Gasteiger charge is 2.30. The molecule has 1 atom stereocenters. The number of aromatic nitrogens is 1. The largest absolute Gasteiger partial charge is 0.373 e. The molecule has 2 aromatic rings. The van der Waals surface area contributed by atoms with Crippen LogP contribution >= 0.6 is 0 Å². The Morgan fingerprint density at radius 1 is 1.26 bits per heavy atom. The molecule has 5 nitrogen and oxygen atoms in total. The van der Waals surface area contributed by atoms with E-state index in [1.807, 2.05) is 54.4 Å². The van der Waals surface area contributed by atoms with Crippen LogP contribution in [-0.2, 0) is 16.1 Å². The first-order chi connectivity index (χ1) is 13.0. The molecule has 0 aliphatic carbocycles. The standard InChI is InChI=1S/C22H29N3O2/c1-17-6-4-8-19(14-17)21(24(2)3)22(26)25-12-9-20(10-13-25)27-16-18-7-5-11-23-15-18/h4-8,11,14-15,20-21H,9-10,12-13,16H2,1-3H3/t21-/m0/s1. The monoisotopic (exact) mass is 367 g/mol. The molecule has 0 saturated carbocycles. The summed E-state index contributed by atoms with van der Waals surface area (Å²) in [6.45, 7) is 4.13. The van der Waals surface area contributed by atoms with Gasteiger partial charge in [-0.1, -0.05) is 35.9 Å². The van der Waals surface area contributed by atoms with E-state index in [1.165, 1.54) is 5.56 Å². The van der Waals surface area contributed by atoms with E-state index in [-0.39, 0.29) is 18.1 Å². The van der Waals surface area contributed by atoms with Gasteiger partial charge in [-0.05, 0) is 51.1 Å². The molecule has 0 unspecified atom stereocenters. The molecule has 1 aliphatic heterocycles. The van der Waals surface area contributed by atoms with Crippen molar-refractivity contribution in [2.24, 2.45) is 0 Å². The van der Waals surface area contributed by atoms with Crippen LogP contribution < -0.4 is 0 Å². The number of nitrogens with zero attached hydrogens (tertiary/aromatic N) is 3. The Morgan fingerprint density at radius 2 is 2.04 bits per heavy atom. The van der Waals surface area contributed by atoms with Crippen LogP contribution in [0.15, 0.2) is 48.8 Å². The fourth-order valence-electron chi connectivity index (χ4n) is 3.62. The topological polar surface area (TPSA) is 45.7 Å². The average Bonchev–Trinajstić information content (AvgIpc) is 2.67. The number of piperidine rings is 1. The van der Waals surface area contributed by atoms with E-state index >= 15 is 0 Å². The summed E-state index contributed by atoms with van der Waals surface area (Å²) in [5.74, 6) is 0.177. The Kier molecular flexibility index (Phi) is 6.58. The van der Waals surface area contributed by atoms with Crippen LogP contribution in [0.4, 0.5) is 0 Å². The molecule has 0 spiro atoms. The highest BCUT2D eigenvalue weighted by Crippen LogP contribution is 2.25. The van der Waals surface area contributed by atoms with Gasteiger partial charge < -0.3 is 9.64 Å². The molecule has 5 heteroatoms. The summed E-state index contributed by atoms with van der Waals surface area (Å²) in [6, 6.07) is 11.9. The van der Waals surface area contributed by atoms with Crippen molar-refractivity contribution in [3.05, 3.63) is 65.5 Å². The van der Waals surface area contributed by atoms with Crippen molar-refractivity contribution in [2.45, 2.75) is 38.5 Å². The van der Waals surface area contributed by atoms with Gasteiger partial charge in [-0.3, -0.25) is 14.7 Å². The van der Waals surface area contributed by atoms with E-state index in [0.29, 0.717) is 6.61 Å². The lowest BCUT2D eigenvalue weighted by Crippen LogP contribution is -2.45. The highest BCUT2D eigenvalue weighted by molar-refractivity contribution is 5.83. The van der Waals surface area contributed by atoms with Crippen molar-refractivity contribution < 1.29 is 9.53 Å². The minimum absolute atomic E-state index is 0.177. The van der Waals surface area contributed by atoms with Gasteiger partial charge in [-0.2, -0.15) is 0 Å². The molecule has 0 radical (unpaired) electrons. The number of hydrogen-bond donors (Lipinski definition) is 0. The first-order valence-electron chi connectivity index (χ1n) is 9.57. The van der Waals surface area contributed by atoms with Gasteiger partial charge in [0.2, 0.25) is 5.91 Å². The summed E-state index contributed by atoms with van der Waals surface area (Å²) in [5, 5.41) is 0. The third-order valence-electron chi connectivity index (χ3n) is 5.07. The van der Waals surface area contributed by atoms with Crippen molar-refractivity contribution in [1.82, 2.24) is 14.8 Å². The van der Waals surface area contributed by atoms with Crippen LogP contribution in [0.25, 0.3) is 0 Å². The van der Waals surface area contributed by atoms with Gasteiger partial charge in [0.1, 0.15) is 6.04 Å². The quantitative estimate of drug-likeness (QED) is 0.787. The molecule has 1 aromatic heterocycles. The fourth-order valence-corrected chi connectivity index (χ4v) is 3.62. The molecule has 0 bridgehead atoms. The van der Waals surface area contributed by atoms with Gasteiger partial charge in [0, 0.05) is 25.5 Å². The van der Waals surface area contributed by atoms with E-state index in [0.717, 1.165) is 37.1 Å². The normalized spacial score (nSPS) is 16.5. The van der Waals surface area contributed by atoms with Gasteiger partial charge in [0.25, 0.3) is 0 Å². The molecule has 144 valence electrons. The van der Waals surface area contributed by atoms with Crippen LogP contribution in [-0.4, -0.2) is 54.0 Å². The Hall–Kier alpha value is -2.24. The van der Waals surface area contributed by atoms with Crippen molar-refractivity contribution in [3.63, 3.8) is 0 Å². The highest BCUT2D eigenvalue weighted by atomic mass is 16.5. The average molecular weight is 367 g/mol. The van der Waals surface area contributed by atoms with Gasteiger partial charge in [0.15, 0.2) is 0 Å². The van der Waals surface area contributed by atoms with E-state index < -0.39 is 0 Å². The predicted molar refractivity (Wildman–Crippen MR) is 106 cm³/mol. The van der Waals surface area contributed by atoms with E-state index in [1.54, 1.807) is 6.20 Å². The van der Waals surface area contributed by atoms with Gasteiger partial charge in [-0.15, -0.1) is 0 Å². The van der Waals surface area contributed by atoms with Gasteiger partial charge >= 0.3 is 0 Å². The van der Waals surface area contributed by atoms with Crippen molar-refractivity contribution in [2.75, 3.05) is 27.2 Å². The molecule has 1 saturated heterocycles. The molecule has 2 heterocycles. The maximum atomic E-state index is 13.2. The summed E-state index contributed by atoms with van der Waals surface area (Å²) >= 11 is 0. The number of likely N-dealkylation sites (tertiary alicyclic amines) is 1. The molecule has 1 amide bonds. The zero-order valence-corrected chi connectivity index (χ0v) is 16.5. The third kappa shape index (κ3) is 5.15. The summed E-state index contributed by atoms with van der Waals surface area (Å²) in [5.41, 5.74) is 3.32. The first kappa shape index (κ1) is 19.5. The Balaban J connectivity index is 1.56. The number of pyridine rings is 1. The number of ether oxygens (including phenoxy) is 1. The van der Waals surface area contributed by atoms with Crippen molar-refractivity contribution >= 4 is 5.91 Å². The number of likely N-dealkylation sites (N-methyl/N-ethyl adjacent to an activating group) is 1. The predicted octanol–water partition coefficient (Wildman–Crippen LogP) is 3.20. The van der Waals surface area contributed by atoms with E-state index in [4.69, 9.17) is 4.74 Å². The SMILES string of the molecule is Cc1cccc([C@@H](C(=O)N2CCC(OCc3cccnc3)CC2)N(C)C)c1. The Morgan fingerprint density at radius 3 is 2.67 bits per heavy atom. The molecule has 1 aliphatic rings. The Labute approximate surface area is 162 Å². The van der Waals surface area contributed by atoms with Gasteiger partial charge in [0.05, 0.1) is 12.7 Å². The minimum atomic E-state index is -0.238. The number of hydrogen-bond acceptors (Lipinski definition) is 4. The summed E-state index contributed by atoms with van der Waals surface area (Å²) in [6.07, 6.45) is 5.55. The number of amides is 1. The van der Waals surface area contributed by atoms with E-state index in [9.17, 15) is 4.79 Å². The number of aryl methyl sites for hydroxylation is 1. The smallest absolute Gasteiger partial charge is 0.244 e. The second-order valence-electron chi connectivity index (χ2n) is 7.48. The van der Waals surface area contributed by atoms with Crippen LogP contribution in [0.5, 0.6) is 0 Å². The zero-order valence-electron chi connectivity index (χ0n) is 16.5. The number of carbonyl (C=O) groups excluding carboxylic acids is 1. The maximum absolute atomic E-state index is 13.2. The summed E-state index contributed by atoms with van der Waals surface area (Å²) in [4.78, 5) is 21.3. The second-order valence-corrected chi connectivity index (χ2v) is 7.48. The molecule has 0 N–H and O–H groups in total. The molecule has 3 rings (SSSR count). The van der Waals surface area contributed by atoms with Crippen LogP contribution in [0.1, 0.15) is 35.6 Å². The van der Waals surface area contributed by atoms with Crippen molar-refractivity contribution in [1.29, 1.82) is 0 Å². The number of rotatable bonds is 6. The maximum Gasteiger partial charge on any atom is 0.244 e. The number of benzene rings is 1. The fraction of sp³-hybridized carbons (Fsp3) is 0.455. The third-order valence-corrected chi connectivity index (χ3v) is 5.07. The van der Waals surface area contributed by atoms with Gasteiger partial charge in [-0.25, -0.2) is 0 Å². The number of carbonyl (C=O) groups is 1. The molecule has 27 heavy (non-hydrogen) atoms. The van der Waals surface area contributed by atoms with Crippen LogP contribution in [0.3, 0.4) is 0 Å². The molecular weight excluding hydrogens is 338 g/mol. The molecule has 1 fully saturated rings.